The lowest BCUT2D eigenvalue weighted by Gasteiger charge is -2.12. The fraction of sp³-hybridized carbons (Fsp3) is 0.500. The number of benzene rings is 1. The van der Waals surface area contributed by atoms with E-state index in [0.29, 0.717) is 12.3 Å². The zero-order valence-electron chi connectivity index (χ0n) is 11.5. The minimum atomic E-state index is -0.698. The van der Waals surface area contributed by atoms with Crippen LogP contribution in [0.4, 0.5) is 0 Å². The molecule has 1 aromatic carbocycles. The van der Waals surface area contributed by atoms with Crippen LogP contribution in [0, 0.1) is 0 Å². The molecule has 0 saturated heterocycles. The lowest BCUT2D eigenvalue weighted by Crippen LogP contribution is -2.24. The van der Waals surface area contributed by atoms with E-state index in [0.717, 1.165) is 5.56 Å². The van der Waals surface area contributed by atoms with Gasteiger partial charge < -0.3 is 20.4 Å². The van der Waals surface area contributed by atoms with E-state index in [1.165, 1.54) is 0 Å². The zero-order chi connectivity index (χ0) is 14.1. The first-order chi connectivity index (χ1) is 9.08. The van der Waals surface area contributed by atoms with Crippen LogP contribution in [-0.4, -0.2) is 36.4 Å². The van der Waals surface area contributed by atoms with Crippen molar-refractivity contribution in [2.75, 3.05) is 13.2 Å². The molecule has 0 aliphatic heterocycles. The van der Waals surface area contributed by atoms with Crippen LogP contribution in [0.25, 0.3) is 0 Å². The molecule has 5 heteroatoms. The van der Waals surface area contributed by atoms with E-state index in [1.807, 2.05) is 44.2 Å². The number of nitrogens with two attached hydrogens (primary N) is 1. The maximum absolute atomic E-state index is 9.54. The van der Waals surface area contributed by atoms with Gasteiger partial charge in [-0.05, 0) is 19.4 Å². The van der Waals surface area contributed by atoms with Crippen LogP contribution in [0.3, 0.4) is 0 Å². The van der Waals surface area contributed by atoms with Crippen LogP contribution in [0.1, 0.15) is 19.4 Å². The van der Waals surface area contributed by atoms with Gasteiger partial charge in [0.15, 0.2) is 0 Å². The Kier molecular flexibility index (Phi) is 6.92. The maximum Gasteiger partial charge on any atom is 0.145 e. The van der Waals surface area contributed by atoms with Crippen molar-refractivity contribution in [3.05, 3.63) is 35.9 Å². The van der Waals surface area contributed by atoms with Crippen LogP contribution in [0.5, 0.6) is 0 Å². The Morgan fingerprint density at radius 3 is 2.58 bits per heavy atom. The molecule has 0 heterocycles. The number of ether oxygens (including phenoxy) is 1. The molecule has 0 aliphatic carbocycles. The molecular formula is C14H22N2O3. The second-order valence-electron chi connectivity index (χ2n) is 4.58. The molecule has 1 rings (SSSR count). The fourth-order valence-electron chi connectivity index (χ4n) is 1.40. The SMILES string of the molecule is CC(C)OCC(O)CO/N=C(/N)Cc1ccccc1. The van der Waals surface area contributed by atoms with Crippen molar-refractivity contribution in [2.24, 2.45) is 10.9 Å². The van der Waals surface area contributed by atoms with E-state index >= 15 is 0 Å². The number of nitrogens with zero attached hydrogens (tertiary/aromatic N) is 1. The van der Waals surface area contributed by atoms with E-state index < -0.39 is 6.10 Å². The molecule has 0 aliphatic rings. The highest BCUT2D eigenvalue weighted by atomic mass is 16.6. The van der Waals surface area contributed by atoms with Gasteiger partial charge in [0, 0.05) is 6.42 Å². The number of rotatable bonds is 8. The lowest BCUT2D eigenvalue weighted by molar-refractivity contribution is -0.0347. The predicted molar refractivity (Wildman–Crippen MR) is 74.8 cm³/mol. The first kappa shape index (κ1) is 15.5. The molecule has 0 radical (unpaired) electrons. The molecule has 0 amide bonds. The Morgan fingerprint density at radius 1 is 1.26 bits per heavy atom. The molecule has 0 spiro atoms. The van der Waals surface area contributed by atoms with E-state index in [-0.39, 0.29) is 19.3 Å². The average Bonchev–Trinajstić information content (AvgIpc) is 2.37. The monoisotopic (exact) mass is 266 g/mol. The van der Waals surface area contributed by atoms with Gasteiger partial charge in [-0.2, -0.15) is 0 Å². The van der Waals surface area contributed by atoms with E-state index in [1.54, 1.807) is 0 Å². The first-order valence-electron chi connectivity index (χ1n) is 6.36. The molecule has 3 N–H and O–H groups in total. The standard InChI is InChI=1S/C14H22N2O3/c1-11(2)18-9-13(17)10-19-16-14(15)8-12-6-4-3-5-7-12/h3-7,11,13,17H,8-10H2,1-2H3,(H2,15,16). The summed E-state index contributed by atoms with van der Waals surface area (Å²) in [6.07, 6.45) is -0.0867. The average molecular weight is 266 g/mol. The number of oxime groups is 1. The highest BCUT2D eigenvalue weighted by molar-refractivity contribution is 5.82. The van der Waals surface area contributed by atoms with Gasteiger partial charge in [-0.15, -0.1) is 0 Å². The number of hydrogen-bond donors (Lipinski definition) is 2. The summed E-state index contributed by atoms with van der Waals surface area (Å²) in [5.41, 5.74) is 6.79. The molecule has 19 heavy (non-hydrogen) atoms. The molecule has 0 saturated carbocycles. The molecule has 5 nitrogen and oxygen atoms in total. The van der Waals surface area contributed by atoms with Gasteiger partial charge in [0.2, 0.25) is 0 Å². The van der Waals surface area contributed by atoms with Crippen molar-refractivity contribution in [1.29, 1.82) is 0 Å². The van der Waals surface area contributed by atoms with Crippen LogP contribution >= 0.6 is 0 Å². The quantitative estimate of drug-likeness (QED) is 0.422. The summed E-state index contributed by atoms with van der Waals surface area (Å²) >= 11 is 0. The lowest BCUT2D eigenvalue weighted by atomic mass is 10.1. The Labute approximate surface area is 114 Å². The van der Waals surface area contributed by atoms with Crippen molar-refractivity contribution in [3.8, 4) is 0 Å². The third-order valence-corrected chi connectivity index (χ3v) is 2.30. The van der Waals surface area contributed by atoms with Gasteiger partial charge in [-0.3, -0.25) is 0 Å². The molecule has 106 valence electrons. The van der Waals surface area contributed by atoms with Gasteiger partial charge in [0.1, 0.15) is 18.5 Å². The second-order valence-corrected chi connectivity index (χ2v) is 4.58. The number of hydrogen-bond acceptors (Lipinski definition) is 4. The highest BCUT2D eigenvalue weighted by Crippen LogP contribution is 2.00. The summed E-state index contributed by atoms with van der Waals surface area (Å²) < 4.78 is 5.25. The Balaban J connectivity index is 2.24. The zero-order valence-corrected chi connectivity index (χ0v) is 11.5. The van der Waals surface area contributed by atoms with Gasteiger partial charge in [-0.1, -0.05) is 35.5 Å². The topological polar surface area (TPSA) is 77.1 Å². The van der Waals surface area contributed by atoms with Gasteiger partial charge in [0.25, 0.3) is 0 Å². The van der Waals surface area contributed by atoms with E-state index in [2.05, 4.69) is 5.16 Å². The van der Waals surface area contributed by atoms with E-state index in [4.69, 9.17) is 15.3 Å². The van der Waals surface area contributed by atoms with Crippen LogP contribution < -0.4 is 5.73 Å². The summed E-state index contributed by atoms with van der Waals surface area (Å²) in [5.74, 6) is 0.378. The van der Waals surface area contributed by atoms with Crippen molar-refractivity contribution in [1.82, 2.24) is 0 Å². The van der Waals surface area contributed by atoms with Crippen LogP contribution in [-0.2, 0) is 16.0 Å². The molecule has 1 atom stereocenters. The van der Waals surface area contributed by atoms with Crippen LogP contribution in [0.2, 0.25) is 0 Å². The fourth-order valence-corrected chi connectivity index (χ4v) is 1.40. The largest absolute Gasteiger partial charge is 0.392 e. The van der Waals surface area contributed by atoms with Gasteiger partial charge >= 0.3 is 0 Å². The molecule has 0 bridgehead atoms. The van der Waals surface area contributed by atoms with Crippen molar-refractivity contribution in [2.45, 2.75) is 32.5 Å². The summed E-state index contributed by atoms with van der Waals surface area (Å²) in [7, 11) is 0. The van der Waals surface area contributed by atoms with Crippen molar-refractivity contribution in [3.63, 3.8) is 0 Å². The number of amidine groups is 1. The van der Waals surface area contributed by atoms with Crippen molar-refractivity contribution >= 4 is 5.84 Å². The maximum atomic E-state index is 9.54. The summed E-state index contributed by atoms with van der Waals surface area (Å²) in [4.78, 5) is 4.99. The Hall–Kier alpha value is -1.59. The predicted octanol–water partition coefficient (Wildman–Crippen LogP) is 1.30. The Morgan fingerprint density at radius 2 is 1.95 bits per heavy atom. The minimum absolute atomic E-state index is 0.0716. The summed E-state index contributed by atoms with van der Waals surface area (Å²) in [5, 5.41) is 13.3. The van der Waals surface area contributed by atoms with Crippen molar-refractivity contribution < 1.29 is 14.7 Å². The third-order valence-electron chi connectivity index (χ3n) is 2.30. The molecular weight excluding hydrogens is 244 g/mol. The first-order valence-corrected chi connectivity index (χ1v) is 6.36. The molecule has 0 fully saturated rings. The van der Waals surface area contributed by atoms with Crippen LogP contribution in [0.15, 0.2) is 35.5 Å². The molecule has 1 aromatic rings. The summed E-state index contributed by atoms with van der Waals surface area (Å²) in [6, 6.07) is 9.76. The molecule has 0 aromatic heterocycles. The van der Waals surface area contributed by atoms with E-state index in [9.17, 15) is 5.11 Å². The summed E-state index contributed by atoms with van der Waals surface area (Å²) in [6.45, 7) is 4.11. The highest BCUT2D eigenvalue weighted by Gasteiger charge is 2.06. The normalized spacial score (nSPS) is 13.6. The molecule has 1 unspecified atom stereocenters. The van der Waals surface area contributed by atoms with Gasteiger partial charge in [0.05, 0.1) is 12.7 Å². The minimum Gasteiger partial charge on any atom is -0.392 e. The Bertz CT molecular complexity index is 380. The second kappa shape index (κ2) is 8.50. The third kappa shape index (κ3) is 7.43. The number of aliphatic hydroxyl groups is 1. The smallest absolute Gasteiger partial charge is 0.145 e. The van der Waals surface area contributed by atoms with Gasteiger partial charge in [-0.25, -0.2) is 0 Å². The number of aliphatic hydroxyl groups excluding tert-OH is 1.